The van der Waals surface area contributed by atoms with Crippen LogP contribution in [0.4, 0.5) is 13.2 Å². The summed E-state index contributed by atoms with van der Waals surface area (Å²) < 4.78 is 39.0. The van der Waals surface area contributed by atoms with E-state index in [1.807, 2.05) is 0 Å². The van der Waals surface area contributed by atoms with Crippen LogP contribution >= 0.6 is 23.5 Å². The number of amides is 1. The second-order valence-electron chi connectivity index (χ2n) is 5.82. The molecule has 0 unspecified atom stereocenters. The van der Waals surface area contributed by atoms with Crippen LogP contribution in [0.3, 0.4) is 0 Å². The van der Waals surface area contributed by atoms with Crippen molar-refractivity contribution in [3.05, 3.63) is 32.6 Å². The third-order valence-electron chi connectivity index (χ3n) is 3.65. The molecule has 0 radical (unpaired) electrons. The molecule has 1 saturated heterocycles. The molecule has 6 nitrogen and oxygen atoms in total. The average molecular weight is 397 g/mol. The first-order valence-electron chi connectivity index (χ1n) is 7.51. The summed E-state index contributed by atoms with van der Waals surface area (Å²) in [4.78, 5) is 37.6. The summed E-state index contributed by atoms with van der Waals surface area (Å²) in [6.45, 7) is 3.23. The smallest absolute Gasteiger partial charge is 0.352 e. The van der Waals surface area contributed by atoms with Crippen LogP contribution in [0.15, 0.2) is 15.8 Å². The van der Waals surface area contributed by atoms with Crippen molar-refractivity contribution < 1.29 is 18.0 Å². The maximum Gasteiger partial charge on any atom is 0.412 e. The van der Waals surface area contributed by atoms with Gasteiger partial charge in [0.25, 0.3) is 5.56 Å². The molecule has 0 aromatic carbocycles. The lowest BCUT2D eigenvalue weighted by molar-refractivity contribution is -0.146. The summed E-state index contributed by atoms with van der Waals surface area (Å²) in [6.07, 6.45) is -3.91. The highest BCUT2D eigenvalue weighted by atomic mass is 32.2. The minimum absolute atomic E-state index is 0.106. The maximum absolute atomic E-state index is 13.3. The van der Waals surface area contributed by atoms with Crippen molar-refractivity contribution in [1.29, 1.82) is 0 Å². The highest BCUT2D eigenvalue weighted by molar-refractivity contribution is 8.21. The fourth-order valence-electron chi connectivity index (χ4n) is 2.32. The van der Waals surface area contributed by atoms with Crippen molar-refractivity contribution in [3.63, 3.8) is 0 Å². The number of thioether (sulfide) groups is 2. The molecule has 140 valence electrons. The molecule has 0 bridgehead atoms. The zero-order valence-electron chi connectivity index (χ0n) is 13.6. The summed E-state index contributed by atoms with van der Waals surface area (Å²) in [6, 6.07) is -0.210. The van der Waals surface area contributed by atoms with E-state index in [1.165, 1.54) is 10.8 Å². The van der Waals surface area contributed by atoms with Gasteiger partial charge in [0.15, 0.2) is 4.08 Å². The Morgan fingerprint density at radius 1 is 1.36 bits per heavy atom. The Morgan fingerprint density at radius 3 is 2.48 bits per heavy atom. The summed E-state index contributed by atoms with van der Waals surface area (Å²) in [5.74, 6) is -0.131. The van der Waals surface area contributed by atoms with Gasteiger partial charge >= 0.3 is 11.9 Å². The Balaban J connectivity index is 2.09. The number of aromatic amines is 1. The molecule has 2 N–H and O–H groups in total. The van der Waals surface area contributed by atoms with Gasteiger partial charge < -0.3 is 5.32 Å². The van der Waals surface area contributed by atoms with Crippen LogP contribution in [-0.4, -0.2) is 37.2 Å². The van der Waals surface area contributed by atoms with E-state index in [4.69, 9.17) is 0 Å². The van der Waals surface area contributed by atoms with Gasteiger partial charge in [-0.15, -0.1) is 23.5 Å². The van der Waals surface area contributed by atoms with Gasteiger partial charge in [0.05, 0.1) is 12.0 Å². The van der Waals surface area contributed by atoms with Gasteiger partial charge in [-0.3, -0.25) is 19.1 Å². The topological polar surface area (TPSA) is 84.0 Å². The van der Waals surface area contributed by atoms with Gasteiger partial charge in [0.1, 0.15) is 0 Å². The third kappa shape index (κ3) is 4.43. The zero-order chi connectivity index (χ0) is 18.8. The largest absolute Gasteiger partial charge is 0.412 e. The molecule has 11 heteroatoms. The average Bonchev–Trinajstić information content (AvgIpc) is 2.95. The predicted octanol–water partition coefficient (Wildman–Crippen LogP) is 1.86. The summed E-state index contributed by atoms with van der Waals surface area (Å²) in [5, 5.41) is 2.35. The van der Waals surface area contributed by atoms with Gasteiger partial charge in [-0.2, -0.15) is 13.2 Å². The molecule has 1 amide bonds. The minimum atomic E-state index is -4.50. The maximum atomic E-state index is 13.3. The van der Waals surface area contributed by atoms with E-state index in [0.29, 0.717) is 11.5 Å². The monoisotopic (exact) mass is 397 g/mol. The third-order valence-corrected chi connectivity index (χ3v) is 7.12. The lowest BCUT2D eigenvalue weighted by Gasteiger charge is -2.29. The van der Waals surface area contributed by atoms with Gasteiger partial charge in [-0.1, -0.05) is 0 Å². The summed E-state index contributed by atoms with van der Waals surface area (Å²) in [5.41, 5.74) is -1.14. The van der Waals surface area contributed by atoms with Crippen LogP contribution in [0.25, 0.3) is 0 Å². The summed E-state index contributed by atoms with van der Waals surface area (Å²) >= 11 is 1.44. The second-order valence-corrected chi connectivity index (χ2v) is 8.86. The van der Waals surface area contributed by atoms with E-state index < -0.39 is 33.8 Å². The van der Waals surface area contributed by atoms with Crippen molar-refractivity contribution in [2.45, 2.75) is 43.1 Å². The fraction of sp³-hybridized carbons (Fsp3) is 0.643. The Bertz CT molecular complexity index is 752. The molecule has 0 aliphatic carbocycles. The standard InChI is InChI=1S/C14H18F3N3O3S2/c1-8(2)20-7-9(11(22)19-12(20)23)6-18-10(21)5-13(14(15,16)17)24-3-4-25-13/h7-8H,3-6H2,1-2H3,(H,18,21)(H,19,22,23). The van der Waals surface area contributed by atoms with Gasteiger partial charge in [-0.25, -0.2) is 4.79 Å². The molecule has 1 aliphatic heterocycles. The second kappa shape index (κ2) is 7.48. The minimum Gasteiger partial charge on any atom is -0.352 e. The molecule has 1 aromatic rings. The van der Waals surface area contributed by atoms with E-state index in [9.17, 15) is 27.6 Å². The Morgan fingerprint density at radius 2 is 1.96 bits per heavy atom. The van der Waals surface area contributed by atoms with Gasteiger partial charge in [0.2, 0.25) is 5.91 Å². The first-order valence-corrected chi connectivity index (χ1v) is 9.48. The number of aromatic nitrogens is 2. The molecule has 0 saturated carbocycles. The number of rotatable bonds is 5. The normalized spacial score (nSPS) is 17.0. The van der Waals surface area contributed by atoms with Gasteiger partial charge in [0, 0.05) is 30.3 Å². The first-order chi connectivity index (χ1) is 11.6. The van der Waals surface area contributed by atoms with Crippen molar-refractivity contribution >= 4 is 29.4 Å². The van der Waals surface area contributed by atoms with E-state index in [0.717, 1.165) is 23.5 Å². The predicted molar refractivity (Wildman–Crippen MR) is 91.9 cm³/mol. The molecule has 0 atom stereocenters. The number of H-pyrrole nitrogens is 1. The Hall–Kier alpha value is -1.36. The molecule has 2 heterocycles. The highest BCUT2D eigenvalue weighted by Gasteiger charge is 2.58. The molecular formula is C14H18F3N3O3S2. The summed E-state index contributed by atoms with van der Waals surface area (Å²) in [7, 11) is 0. The molecule has 1 fully saturated rings. The SMILES string of the molecule is CC(C)n1cc(CNC(=O)CC2(C(F)(F)F)SCCS2)c(=O)[nH]c1=O. The van der Waals surface area contributed by atoms with Crippen molar-refractivity contribution in [2.75, 3.05) is 11.5 Å². The van der Waals surface area contributed by atoms with Gasteiger partial charge in [-0.05, 0) is 13.8 Å². The van der Waals surface area contributed by atoms with E-state index in [1.54, 1.807) is 13.8 Å². The molecule has 2 rings (SSSR count). The lowest BCUT2D eigenvalue weighted by Crippen LogP contribution is -2.42. The number of nitrogens with zero attached hydrogens (tertiary/aromatic N) is 1. The van der Waals surface area contributed by atoms with E-state index >= 15 is 0 Å². The van der Waals surface area contributed by atoms with Crippen LogP contribution in [0, 0.1) is 0 Å². The number of carbonyl (C=O) groups is 1. The molecule has 1 aromatic heterocycles. The number of hydrogen-bond donors (Lipinski definition) is 2. The number of halogens is 3. The molecule has 1 aliphatic rings. The van der Waals surface area contributed by atoms with Crippen LogP contribution in [0.5, 0.6) is 0 Å². The molecular weight excluding hydrogens is 379 g/mol. The number of carbonyl (C=O) groups excluding carboxylic acids is 1. The first kappa shape index (κ1) is 20.0. The highest BCUT2D eigenvalue weighted by Crippen LogP contribution is 2.56. The quantitative estimate of drug-likeness (QED) is 0.793. The number of nitrogens with one attached hydrogen (secondary N) is 2. The van der Waals surface area contributed by atoms with Crippen molar-refractivity contribution in [1.82, 2.24) is 14.9 Å². The van der Waals surface area contributed by atoms with Crippen molar-refractivity contribution in [3.8, 4) is 0 Å². The number of alkyl halides is 3. The van der Waals surface area contributed by atoms with E-state index in [2.05, 4.69) is 10.3 Å². The van der Waals surface area contributed by atoms with Crippen LogP contribution in [-0.2, 0) is 11.3 Å². The lowest BCUT2D eigenvalue weighted by atomic mass is 10.2. The molecule has 25 heavy (non-hydrogen) atoms. The van der Waals surface area contributed by atoms with Crippen molar-refractivity contribution in [2.24, 2.45) is 0 Å². The van der Waals surface area contributed by atoms with Crippen LogP contribution in [0.2, 0.25) is 0 Å². The fourth-order valence-corrected chi connectivity index (χ4v) is 5.28. The zero-order valence-corrected chi connectivity index (χ0v) is 15.2. The van der Waals surface area contributed by atoms with E-state index in [-0.39, 0.29) is 18.2 Å². The number of hydrogen-bond acceptors (Lipinski definition) is 5. The molecule has 0 spiro atoms. The Kier molecular flexibility index (Phi) is 5.97. The van der Waals surface area contributed by atoms with Crippen LogP contribution in [0.1, 0.15) is 31.9 Å². The van der Waals surface area contributed by atoms with Crippen LogP contribution < -0.4 is 16.6 Å². The Labute approximate surface area is 150 Å².